The van der Waals surface area contributed by atoms with Gasteiger partial charge in [0.25, 0.3) is 0 Å². The van der Waals surface area contributed by atoms with Gasteiger partial charge >= 0.3 is 0 Å². The molecule has 3 aromatic heterocycles. The molecule has 0 bridgehead atoms. The Balaban J connectivity index is 1.25. The Labute approximate surface area is 289 Å². The third kappa shape index (κ3) is 4.54. The van der Waals surface area contributed by atoms with Crippen molar-refractivity contribution in [2.45, 2.75) is 0 Å². The molecule has 0 radical (unpaired) electrons. The van der Waals surface area contributed by atoms with Crippen LogP contribution in [0.3, 0.4) is 0 Å². The Bertz CT molecular complexity index is 2830. The molecule has 3 heterocycles. The second-order valence-electron chi connectivity index (χ2n) is 12.7. The summed E-state index contributed by atoms with van der Waals surface area (Å²) in [6.07, 6.45) is 0. The lowest BCUT2D eigenvalue weighted by Gasteiger charge is -2.12. The first-order chi connectivity index (χ1) is 24.8. The molecule has 0 amide bonds. The van der Waals surface area contributed by atoms with Crippen molar-refractivity contribution in [3.05, 3.63) is 182 Å². The fourth-order valence-corrected chi connectivity index (χ4v) is 7.40. The van der Waals surface area contributed by atoms with E-state index in [4.69, 9.17) is 9.97 Å². The van der Waals surface area contributed by atoms with Crippen LogP contribution in [0.25, 0.3) is 88.9 Å². The van der Waals surface area contributed by atoms with Crippen LogP contribution in [0.4, 0.5) is 0 Å². The van der Waals surface area contributed by atoms with Crippen molar-refractivity contribution >= 4 is 43.6 Å². The molecule has 0 aliphatic heterocycles. The lowest BCUT2D eigenvalue weighted by Crippen LogP contribution is -2.04. The Morgan fingerprint density at radius 1 is 0.300 bits per heavy atom. The Kier molecular flexibility index (Phi) is 6.46. The van der Waals surface area contributed by atoms with E-state index >= 15 is 0 Å². The van der Waals surface area contributed by atoms with Crippen LogP contribution in [-0.4, -0.2) is 19.1 Å². The summed E-state index contributed by atoms with van der Waals surface area (Å²) in [4.78, 5) is 10.6. The minimum Gasteiger partial charge on any atom is -0.309 e. The SMILES string of the molecule is c1ccc(-c2ccc(-c3cc(-c4ccccc4)nc(-n4c5ccccc5c5cc6c(cc54)c4ccccc4n6-c4ccccc4)n3)cc2)cc1. The van der Waals surface area contributed by atoms with Crippen LogP contribution in [0.15, 0.2) is 182 Å². The lowest BCUT2D eigenvalue weighted by atomic mass is 10.0. The molecule has 10 aromatic rings. The van der Waals surface area contributed by atoms with E-state index in [-0.39, 0.29) is 0 Å². The van der Waals surface area contributed by atoms with Gasteiger partial charge in [-0.1, -0.05) is 140 Å². The van der Waals surface area contributed by atoms with Crippen molar-refractivity contribution < 1.29 is 0 Å². The molecule has 0 spiro atoms. The van der Waals surface area contributed by atoms with E-state index < -0.39 is 0 Å². The Morgan fingerprint density at radius 2 is 0.720 bits per heavy atom. The van der Waals surface area contributed by atoms with Gasteiger partial charge in [-0.15, -0.1) is 0 Å². The highest BCUT2D eigenvalue weighted by molar-refractivity contribution is 6.18. The summed E-state index contributed by atoms with van der Waals surface area (Å²) in [6.45, 7) is 0. The molecule has 0 saturated carbocycles. The van der Waals surface area contributed by atoms with Crippen molar-refractivity contribution in [3.63, 3.8) is 0 Å². The van der Waals surface area contributed by atoms with E-state index in [1.54, 1.807) is 0 Å². The van der Waals surface area contributed by atoms with Crippen molar-refractivity contribution in [1.82, 2.24) is 19.1 Å². The molecular formula is C46H30N4. The zero-order valence-electron chi connectivity index (χ0n) is 27.1. The minimum absolute atomic E-state index is 0.644. The van der Waals surface area contributed by atoms with Crippen molar-refractivity contribution in [3.8, 4) is 45.3 Å². The van der Waals surface area contributed by atoms with Gasteiger partial charge in [0.2, 0.25) is 5.95 Å². The fraction of sp³-hybridized carbons (Fsp3) is 0. The summed E-state index contributed by atoms with van der Waals surface area (Å²) < 4.78 is 4.62. The maximum atomic E-state index is 5.32. The number of nitrogens with zero attached hydrogens (tertiary/aromatic N) is 4. The summed E-state index contributed by atoms with van der Waals surface area (Å²) in [5.41, 5.74) is 11.9. The highest BCUT2D eigenvalue weighted by Crippen LogP contribution is 2.39. The van der Waals surface area contributed by atoms with Gasteiger partial charge < -0.3 is 4.57 Å². The lowest BCUT2D eigenvalue weighted by molar-refractivity contribution is 0.996. The zero-order chi connectivity index (χ0) is 33.0. The average Bonchev–Trinajstić information content (AvgIpc) is 3.70. The normalized spacial score (nSPS) is 11.6. The number of rotatable bonds is 5. The summed E-state index contributed by atoms with van der Waals surface area (Å²) in [7, 11) is 0. The molecule has 234 valence electrons. The standard InChI is InChI=1S/C46H30N4/c1-4-14-31(15-5-1)32-24-26-34(27-25-32)41-30-40(33-16-6-2-7-17-33)47-46(48-41)50-43-23-13-11-21-37(43)39-28-44-38(29-45(39)50)36-20-10-12-22-42(36)49(44)35-18-8-3-9-19-35/h1-30H. The summed E-state index contributed by atoms with van der Waals surface area (Å²) in [6, 6.07) is 64.2. The Hall–Kier alpha value is -6.78. The molecule has 7 aromatic carbocycles. The maximum absolute atomic E-state index is 5.32. The van der Waals surface area contributed by atoms with Gasteiger partial charge in [-0.05, 0) is 53.6 Å². The zero-order valence-corrected chi connectivity index (χ0v) is 27.1. The largest absolute Gasteiger partial charge is 0.309 e. The van der Waals surface area contributed by atoms with Crippen molar-refractivity contribution in [2.75, 3.05) is 0 Å². The smallest absolute Gasteiger partial charge is 0.235 e. The fourth-order valence-electron chi connectivity index (χ4n) is 7.40. The molecule has 0 aliphatic carbocycles. The molecule has 4 heteroatoms. The average molecular weight is 639 g/mol. The predicted molar refractivity (Wildman–Crippen MR) is 207 cm³/mol. The maximum Gasteiger partial charge on any atom is 0.235 e. The summed E-state index contributed by atoms with van der Waals surface area (Å²) in [5, 5.41) is 4.73. The molecule has 0 saturated heterocycles. The first-order valence-corrected chi connectivity index (χ1v) is 16.9. The van der Waals surface area contributed by atoms with Crippen LogP contribution in [0.2, 0.25) is 0 Å². The van der Waals surface area contributed by atoms with Gasteiger partial charge in [-0.2, -0.15) is 0 Å². The number of aromatic nitrogens is 4. The van der Waals surface area contributed by atoms with Gasteiger partial charge in [0.15, 0.2) is 0 Å². The first-order valence-electron chi connectivity index (χ1n) is 16.9. The Morgan fingerprint density at radius 3 is 1.32 bits per heavy atom. The number of hydrogen-bond donors (Lipinski definition) is 0. The monoisotopic (exact) mass is 638 g/mol. The molecule has 0 atom stereocenters. The van der Waals surface area contributed by atoms with Crippen LogP contribution < -0.4 is 0 Å². The van der Waals surface area contributed by atoms with Crippen LogP contribution >= 0.6 is 0 Å². The second-order valence-corrected chi connectivity index (χ2v) is 12.7. The van der Waals surface area contributed by atoms with Crippen molar-refractivity contribution in [2.24, 2.45) is 0 Å². The van der Waals surface area contributed by atoms with Crippen molar-refractivity contribution in [1.29, 1.82) is 0 Å². The second kappa shape index (κ2) is 11.4. The molecule has 0 N–H and O–H groups in total. The number of fused-ring (bicyclic) bond motifs is 6. The van der Waals surface area contributed by atoms with Gasteiger partial charge in [0.1, 0.15) is 0 Å². The van der Waals surface area contributed by atoms with Gasteiger partial charge in [-0.25, -0.2) is 9.97 Å². The van der Waals surface area contributed by atoms with Gasteiger partial charge in [0.05, 0.1) is 33.5 Å². The van der Waals surface area contributed by atoms with Crippen LogP contribution in [0.5, 0.6) is 0 Å². The highest BCUT2D eigenvalue weighted by Gasteiger charge is 2.20. The molecule has 10 rings (SSSR count). The van der Waals surface area contributed by atoms with Gasteiger partial charge in [0, 0.05) is 38.4 Å². The van der Waals surface area contributed by atoms with E-state index in [2.05, 4.69) is 179 Å². The predicted octanol–water partition coefficient (Wildman–Crippen LogP) is 11.7. The molecule has 0 aliphatic rings. The van der Waals surface area contributed by atoms with Crippen LogP contribution in [-0.2, 0) is 0 Å². The van der Waals surface area contributed by atoms with Gasteiger partial charge in [-0.3, -0.25) is 4.57 Å². The van der Waals surface area contributed by atoms with Crippen LogP contribution in [0, 0.1) is 0 Å². The minimum atomic E-state index is 0.644. The van der Waals surface area contributed by atoms with E-state index in [0.29, 0.717) is 5.95 Å². The van der Waals surface area contributed by atoms with E-state index in [1.165, 1.54) is 32.9 Å². The van der Waals surface area contributed by atoms with E-state index in [1.807, 2.05) is 12.1 Å². The third-order valence-electron chi connectivity index (χ3n) is 9.75. The molecule has 0 fully saturated rings. The molecule has 50 heavy (non-hydrogen) atoms. The molecule has 4 nitrogen and oxygen atoms in total. The number of benzene rings is 7. The molecule has 0 unspecified atom stereocenters. The van der Waals surface area contributed by atoms with Crippen LogP contribution in [0.1, 0.15) is 0 Å². The highest BCUT2D eigenvalue weighted by atomic mass is 15.2. The quantitative estimate of drug-likeness (QED) is 0.188. The number of hydrogen-bond acceptors (Lipinski definition) is 2. The summed E-state index contributed by atoms with van der Waals surface area (Å²) >= 11 is 0. The third-order valence-corrected chi connectivity index (χ3v) is 9.75. The van der Waals surface area contributed by atoms with E-state index in [0.717, 1.165) is 50.0 Å². The first kappa shape index (κ1) is 28.3. The summed E-state index contributed by atoms with van der Waals surface area (Å²) in [5.74, 6) is 0.644. The molecular weight excluding hydrogens is 609 g/mol. The number of para-hydroxylation sites is 3. The van der Waals surface area contributed by atoms with E-state index in [9.17, 15) is 0 Å². The topological polar surface area (TPSA) is 35.6 Å².